The molecule has 1 N–H and O–H groups in total. The second-order valence-electron chi connectivity index (χ2n) is 3.93. The second-order valence-corrected chi connectivity index (χ2v) is 4.50. The molecule has 0 amide bonds. The minimum atomic E-state index is -0.833. The van der Waals surface area contributed by atoms with Crippen molar-refractivity contribution < 1.29 is 14.6 Å². The molecule has 4 heteroatoms. The maximum Gasteiger partial charge on any atom is 0.337 e. The van der Waals surface area contributed by atoms with Crippen LogP contribution in [0.4, 0.5) is 0 Å². The van der Waals surface area contributed by atoms with Crippen LogP contribution >= 0.6 is 0 Å². The molecule has 0 spiro atoms. The summed E-state index contributed by atoms with van der Waals surface area (Å²) in [7, 11) is 0.846. The van der Waals surface area contributed by atoms with Crippen LogP contribution in [-0.4, -0.2) is 27.5 Å². The van der Waals surface area contributed by atoms with Crippen molar-refractivity contribution in [3.63, 3.8) is 0 Å². The average molecular weight is 238 g/mol. The smallest absolute Gasteiger partial charge is 0.337 e. The predicted molar refractivity (Wildman–Crippen MR) is 66.5 cm³/mol. The number of carbonyl (C=O) groups excluding carboxylic acids is 1. The average Bonchev–Trinajstić information content (AvgIpc) is 2.29. The van der Waals surface area contributed by atoms with Crippen LogP contribution in [0.25, 0.3) is 0 Å². The zero-order valence-electron chi connectivity index (χ0n) is 9.99. The Hall–Kier alpha value is -1.13. The molecule has 0 saturated heterocycles. The Kier molecular flexibility index (Phi) is 4.26. The van der Waals surface area contributed by atoms with Crippen molar-refractivity contribution in [1.29, 1.82) is 0 Å². The molecule has 0 bridgehead atoms. The number of ether oxygens (including phenoxy) is 1. The number of benzene rings is 1. The normalized spacial score (nSPS) is 14.4. The highest BCUT2D eigenvalue weighted by Crippen LogP contribution is 2.24. The molecule has 0 aliphatic heterocycles. The van der Waals surface area contributed by atoms with Gasteiger partial charge in [-0.1, -0.05) is 19.1 Å². The molecule has 3 nitrogen and oxygen atoms in total. The van der Waals surface area contributed by atoms with E-state index in [4.69, 9.17) is 4.74 Å². The van der Waals surface area contributed by atoms with Gasteiger partial charge < -0.3 is 9.84 Å². The first-order chi connectivity index (χ1) is 7.51. The third-order valence-corrected chi connectivity index (χ3v) is 3.00. The number of carbonyl (C=O) groups is 1. The van der Waals surface area contributed by atoms with Gasteiger partial charge in [0, 0.05) is 0 Å². The first kappa shape index (κ1) is 12.9. The first-order valence-electron chi connectivity index (χ1n) is 5.51. The number of esters is 1. The van der Waals surface area contributed by atoms with Crippen LogP contribution in [0.15, 0.2) is 24.3 Å². The van der Waals surface area contributed by atoms with Gasteiger partial charge in [-0.05, 0) is 31.0 Å². The monoisotopic (exact) mass is 238 g/mol. The van der Waals surface area contributed by atoms with Crippen molar-refractivity contribution in [3.8, 4) is 0 Å². The van der Waals surface area contributed by atoms with Crippen molar-refractivity contribution in [2.45, 2.75) is 25.9 Å². The molecule has 0 fully saturated rings. The van der Waals surface area contributed by atoms with Crippen LogP contribution in [-0.2, 0) is 10.3 Å². The molecule has 1 aromatic carbocycles. The Balaban J connectivity index is 2.87. The van der Waals surface area contributed by atoms with Gasteiger partial charge in [0.05, 0.1) is 27.6 Å². The van der Waals surface area contributed by atoms with Crippen molar-refractivity contribution in [2.24, 2.45) is 0 Å². The van der Waals surface area contributed by atoms with E-state index in [1.807, 2.05) is 6.92 Å². The molecule has 0 saturated carbocycles. The summed E-state index contributed by atoms with van der Waals surface area (Å²) in [6, 6.07) is 6.93. The van der Waals surface area contributed by atoms with Gasteiger partial charge in [-0.2, -0.15) is 0 Å². The van der Waals surface area contributed by atoms with E-state index in [2.05, 4.69) is 0 Å². The summed E-state index contributed by atoms with van der Waals surface area (Å²) in [4.78, 5) is 11.4. The Morgan fingerprint density at radius 2 is 2.00 bits per heavy atom. The number of hydrogen-bond donors (Lipinski definition) is 1. The molecule has 1 rings (SSSR count). The van der Waals surface area contributed by atoms with Crippen LogP contribution < -0.4 is 0 Å². The van der Waals surface area contributed by atoms with Gasteiger partial charge in [-0.25, -0.2) is 4.79 Å². The Morgan fingerprint density at radius 1 is 1.44 bits per heavy atom. The van der Waals surface area contributed by atoms with Gasteiger partial charge >= 0.3 is 5.97 Å². The molecule has 0 aliphatic carbocycles. The largest absolute Gasteiger partial charge is 0.467 e. The van der Waals surface area contributed by atoms with Crippen LogP contribution in [0.5, 0.6) is 0 Å². The molecule has 1 unspecified atom stereocenters. The molecule has 0 heterocycles. The Morgan fingerprint density at radius 3 is 2.44 bits per heavy atom. The minimum Gasteiger partial charge on any atom is -0.467 e. The van der Waals surface area contributed by atoms with E-state index in [-0.39, 0.29) is 5.97 Å². The van der Waals surface area contributed by atoms with Gasteiger partial charge in [0.15, 0.2) is 0 Å². The summed E-state index contributed by atoms with van der Waals surface area (Å²) >= 11 is 0. The fourth-order valence-electron chi connectivity index (χ4n) is 1.38. The summed E-state index contributed by atoms with van der Waals surface area (Å²) in [5, 5.41) is 10.0. The number of rotatable bonds is 4. The van der Waals surface area contributed by atoms with Gasteiger partial charge in [0.1, 0.15) is 0 Å². The lowest BCUT2D eigenvalue weighted by molar-refractivity contribution is 0.0523. The van der Waals surface area contributed by atoms with Gasteiger partial charge in [-0.15, -0.1) is 0 Å². The van der Waals surface area contributed by atoms with Gasteiger partial charge in [0.25, 0.3) is 0 Å². The topological polar surface area (TPSA) is 46.5 Å². The third-order valence-electron chi connectivity index (χ3n) is 2.71. The Bertz CT molecular complexity index is 357. The van der Waals surface area contributed by atoms with Crippen molar-refractivity contribution in [1.82, 2.24) is 0 Å². The fourth-order valence-corrected chi connectivity index (χ4v) is 1.65. The molecule has 1 atom stereocenters. The summed E-state index contributed by atoms with van der Waals surface area (Å²) < 4.78 is 4.94. The molecular weight excluding hydrogens is 220 g/mol. The van der Waals surface area contributed by atoms with Crippen LogP contribution in [0.2, 0.25) is 0 Å². The van der Waals surface area contributed by atoms with E-state index >= 15 is 0 Å². The molecule has 1 aromatic rings. The highest BCUT2D eigenvalue weighted by Gasteiger charge is 2.20. The summed E-state index contributed by atoms with van der Waals surface area (Å²) in [5.41, 5.74) is 0.518. The zero-order chi connectivity index (χ0) is 12.2. The quantitative estimate of drug-likeness (QED) is 0.623. The fraction of sp³-hybridized carbons (Fsp3) is 0.417. The third kappa shape index (κ3) is 2.93. The van der Waals surface area contributed by atoms with E-state index in [0.717, 1.165) is 15.8 Å². The molecule has 0 radical (unpaired) electrons. The van der Waals surface area contributed by atoms with E-state index < -0.39 is 5.60 Å². The molecular formula is C12H18O3Si. The number of aliphatic hydroxyl groups is 1. The van der Waals surface area contributed by atoms with E-state index in [0.29, 0.717) is 18.2 Å². The van der Waals surface area contributed by atoms with Crippen LogP contribution in [0.3, 0.4) is 0 Å². The maximum absolute atomic E-state index is 11.4. The zero-order valence-corrected chi connectivity index (χ0v) is 12.0. The number of hydrogen-bond acceptors (Lipinski definition) is 3. The van der Waals surface area contributed by atoms with E-state index in [9.17, 15) is 9.90 Å². The van der Waals surface area contributed by atoms with E-state index in [1.165, 1.54) is 0 Å². The van der Waals surface area contributed by atoms with Crippen molar-refractivity contribution >= 4 is 16.2 Å². The summed E-state index contributed by atoms with van der Waals surface area (Å²) in [6.45, 7) is 3.68. The first-order valence-corrected chi connectivity index (χ1v) is 6.92. The molecule has 88 valence electrons. The predicted octanol–water partition coefficient (Wildman–Crippen LogP) is 0.784. The standard InChI is InChI=1S/C12H18O3Si/c1-3-12(2,14)10-6-4-9(5-7-10)11(13)15-8-16/h4-7,14H,3,8H2,1-2,16H3. The highest BCUT2D eigenvalue weighted by molar-refractivity contribution is 6.09. The lowest BCUT2D eigenvalue weighted by Crippen LogP contribution is -2.19. The lowest BCUT2D eigenvalue weighted by Gasteiger charge is -2.21. The van der Waals surface area contributed by atoms with E-state index in [1.54, 1.807) is 31.2 Å². The highest BCUT2D eigenvalue weighted by atomic mass is 28.1. The summed E-state index contributed by atoms with van der Waals surface area (Å²) in [5.74, 6) is -0.294. The minimum absolute atomic E-state index is 0.294. The molecule has 16 heavy (non-hydrogen) atoms. The summed E-state index contributed by atoms with van der Waals surface area (Å²) in [6.07, 6.45) is 1.14. The van der Waals surface area contributed by atoms with Crippen LogP contribution in [0, 0.1) is 0 Å². The van der Waals surface area contributed by atoms with Gasteiger partial charge in [-0.3, -0.25) is 0 Å². The van der Waals surface area contributed by atoms with Crippen LogP contribution in [0.1, 0.15) is 36.2 Å². The molecule has 0 aromatic heterocycles. The van der Waals surface area contributed by atoms with Crippen molar-refractivity contribution in [3.05, 3.63) is 35.4 Å². The SMILES string of the molecule is CCC(C)(O)c1ccc(C(=O)OC[SiH3])cc1. The molecule has 0 aliphatic rings. The van der Waals surface area contributed by atoms with Gasteiger partial charge in [0.2, 0.25) is 0 Å². The van der Waals surface area contributed by atoms with Crippen molar-refractivity contribution in [2.75, 3.05) is 6.23 Å². The second kappa shape index (κ2) is 5.27. The Labute approximate surface area is 98.9 Å². The maximum atomic E-state index is 11.4. The lowest BCUT2D eigenvalue weighted by atomic mass is 9.93.